The normalized spacial score (nSPS) is 10.8. The van der Waals surface area contributed by atoms with Gasteiger partial charge in [0.2, 0.25) is 0 Å². The summed E-state index contributed by atoms with van der Waals surface area (Å²) < 4.78 is 26.6. The fourth-order valence-electron chi connectivity index (χ4n) is 2.07. The molecule has 0 unspecified atom stereocenters. The zero-order chi connectivity index (χ0) is 14.2. The molecule has 0 spiro atoms. The Hall–Kier alpha value is -1.97. The monoisotopic (exact) mass is 263 g/mol. The molecule has 19 heavy (non-hydrogen) atoms. The largest absolute Gasteiger partial charge is 0.356 e. The van der Waals surface area contributed by atoms with E-state index in [0.29, 0.717) is 5.69 Å². The van der Waals surface area contributed by atoms with Gasteiger partial charge in [0, 0.05) is 12.1 Å². The van der Waals surface area contributed by atoms with Crippen LogP contribution in [0.5, 0.6) is 0 Å². The van der Waals surface area contributed by atoms with E-state index in [1.54, 1.807) is 0 Å². The maximum atomic E-state index is 13.5. The topological polar surface area (TPSA) is 32.9 Å². The van der Waals surface area contributed by atoms with Gasteiger partial charge in [-0.1, -0.05) is 12.1 Å². The van der Waals surface area contributed by atoms with E-state index in [0.717, 1.165) is 22.9 Å². The number of rotatable bonds is 3. The third-order valence-corrected chi connectivity index (χ3v) is 3.47. The van der Waals surface area contributed by atoms with Crippen LogP contribution < -0.4 is 0 Å². The van der Waals surface area contributed by atoms with Crippen LogP contribution in [0.3, 0.4) is 0 Å². The summed E-state index contributed by atoms with van der Waals surface area (Å²) in [5.74, 6) is -2.12. The van der Waals surface area contributed by atoms with E-state index >= 15 is 0 Å². The van der Waals surface area contributed by atoms with Crippen molar-refractivity contribution in [3.8, 4) is 0 Å². The molecule has 100 valence electrons. The van der Waals surface area contributed by atoms with Crippen molar-refractivity contribution in [2.75, 3.05) is 0 Å². The van der Waals surface area contributed by atoms with E-state index in [9.17, 15) is 13.6 Å². The minimum Gasteiger partial charge on any atom is -0.356 e. The molecule has 1 aromatic carbocycles. The van der Waals surface area contributed by atoms with Crippen molar-refractivity contribution in [1.29, 1.82) is 0 Å². The van der Waals surface area contributed by atoms with Gasteiger partial charge in [-0.15, -0.1) is 0 Å². The average Bonchev–Trinajstić information content (AvgIpc) is 2.63. The quantitative estimate of drug-likeness (QED) is 0.842. The fourth-order valence-corrected chi connectivity index (χ4v) is 2.07. The van der Waals surface area contributed by atoms with Crippen LogP contribution in [0.25, 0.3) is 0 Å². The zero-order valence-electron chi connectivity index (χ0n) is 11.1. The number of aromatic nitrogens is 1. The van der Waals surface area contributed by atoms with Gasteiger partial charge < -0.3 is 4.98 Å². The first-order chi connectivity index (χ1) is 8.91. The maximum absolute atomic E-state index is 13.5. The molecule has 0 atom stereocenters. The van der Waals surface area contributed by atoms with Crippen LogP contribution in [0.2, 0.25) is 0 Å². The molecular formula is C15H15F2NO. The molecule has 0 aliphatic carbocycles. The number of hydrogen-bond acceptors (Lipinski definition) is 1. The highest BCUT2D eigenvalue weighted by molar-refractivity contribution is 5.97. The van der Waals surface area contributed by atoms with E-state index in [4.69, 9.17) is 0 Å². The number of benzene rings is 1. The first-order valence-corrected chi connectivity index (χ1v) is 6.03. The molecule has 1 heterocycles. The number of ketones is 1. The highest BCUT2D eigenvalue weighted by Gasteiger charge is 2.17. The number of carbonyl (C=O) groups excluding carboxylic acids is 1. The molecule has 0 saturated heterocycles. The highest BCUT2D eigenvalue weighted by Crippen LogP contribution is 2.19. The Balaban J connectivity index is 2.31. The number of aryl methyl sites for hydroxylation is 1. The predicted octanol–water partition coefficient (Wildman–Crippen LogP) is 3.64. The number of halogens is 2. The van der Waals surface area contributed by atoms with E-state index in [-0.39, 0.29) is 17.8 Å². The van der Waals surface area contributed by atoms with Gasteiger partial charge in [-0.25, -0.2) is 8.78 Å². The number of nitrogens with one attached hydrogen (secondary N) is 1. The molecule has 0 radical (unpaired) electrons. The van der Waals surface area contributed by atoms with Gasteiger partial charge >= 0.3 is 0 Å². The second kappa shape index (κ2) is 4.96. The highest BCUT2D eigenvalue weighted by atomic mass is 19.2. The number of Topliss-reactive ketones (excluding diaryl/α,β-unsaturated/α-hetero) is 1. The van der Waals surface area contributed by atoms with Gasteiger partial charge in [-0.3, -0.25) is 4.79 Å². The standard InChI is InChI=1S/C15H15F2NO/c1-8-9(2)15(18-10(8)3)13(19)7-11-5-4-6-12(16)14(11)17/h4-6,18H,7H2,1-3H3. The van der Waals surface area contributed by atoms with E-state index in [1.165, 1.54) is 12.1 Å². The molecular weight excluding hydrogens is 248 g/mol. The Morgan fingerprint density at radius 2 is 1.84 bits per heavy atom. The Labute approximate surface area is 110 Å². The first-order valence-electron chi connectivity index (χ1n) is 6.03. The van der Waals surface area contributed by atoms with Crippen molar-refractivity contribution >= 4 is 5.78 Å². The summed E-state index contributed by atoms with van der Waals surface area (Å²) in [6, 6.07) is 3.87. The van der Waals surface area contributed by atoms with Crippen molar-refractivity contribution < 1.29 is 13.6 Å². The minimum absolute atomic E-state index is 0.0781. The molecule has 1 aromatic heterocycles. The number of carbonyl (C=O) groups is 1. The molecule has 0 fully saturated rings. The average molecular weight is 263 g/mol. The summed E-state index contributed by atoms with van der Waals surface area (Å²) in [6.07, 6.45) is -0.149. The zero-order valence-corrected chi connectivity index (χ0v) is 11.1. The van der Waals surface area contributed by atoms with Gasteiger partial charge in [0.05, 0.1) is 5.69 Å². The Morgan fingerprint density at radius 1 is 1.16 bits per heavy atom. The van der Waals surface area contributed by atoms with Crippen LogP contribution in [0, 0.1) is 32.4 Å². The molecule has 0 amide bonds. The number of H-pyrrole nitrogens is 1. The molecule has 2 aromatic rings. The summed E-state index contributed by atoms with van der Waals surface area (Å²) in [7, 11) is 0. The van der Waals surface area contributed by atoms with Gasteiger partial charge in [0.15, 0.2) is 17.4 Å². The van der Waals surface area contributed by atoms with E-state index < -0.39 is 11.6 Å². The Kier molecular flexibility index (Phi) is 3.51. The van der Waals surface area contributed by atoms with Crippen LogP contribution in [0.15, 0.2) is 18.2 Å². The molecule has 0 saturated carbocycles. The second-order valence-electron chi connectivity index (χ2n) is 4.69. The number of hydrogen-bond donors (Lipinski definition) is 1. The fraction of sp³-hybridized carbons (Fsp3) is 0.267. The summed E-state index contributed by atoms with van der Waals surface area (Å²) in [6.45, 7) is 5.64. The molecule has 1 N–H and O–H groups in total. The third-order valence-electron chi connectivity index (χ3n) is 3.47. The van der Waals surface area contributed by atoms with Crippen molar-refractivity contribution in [3.63, 3.8) is 0 Å². The van der Waals surface area contributed by atoms with Gasteiger partial charge in [0.1, 0.15) is 0 Å². The van der Waals surface area contributed by atoms with Crippen LogP contribution in [0.4, 0.5) is 8.78 Å². The SMILES string of the molecule is Cc1[nH]c(C(=O)Cc2cccc(F)c2F)c(C)c1C. The number of aromatic amines is 1. The molecule has 0 bridgehead atoms. The smallest absolute Gasteiger partial charge is 0.183 e. The second-order valence-corrected chi connectivity index (χ2v) is 4.69. The van der Waals surface area contributed by atoms with E-state index in [2.05, 4.69) is 4.98 Å². The van der Waals surface area contributed by atoms with Crippen LogP contribution in [0.1, 0.15) is 32.9 Å². The van der Waals surface area contributed by atoms with Crippen molar-refractivity contribution in [1.82, 2.24) is 4.98 Å². The van der Waals surface area contributed by atoms with Crippen molar-refractivity contribution in [2.45, 2.75) is 27.2 Å². The Morgan fingerprint density at radius 3 is 2.42 bits per heavy atom. The summed E-state index contributed by atoms with van der Waals surface area (Å²) in [4.78, 5) is 15.1. The summed E-state index contributed by atoms with van der Waals surface area (Å²) in [5.41, 5.74) is 3.34. The summed E-state index contributed by atoms with van der Waals surface area (Å²) >= 11 is 0. The molecule has 0 aliphatic heterocycles. The van der Waals surface area contributed by atoms with Crippen molar-refractivity contribution in [2.24, 2.45) is 0 Å². The van der Waals surface area contributed by atoms with Crippen LogP contribution in [-0.2, 0) is 6.42 Å². The summed E-state index contributed by atoms with van der Waals surface area (Å²) in [5, 5.41) is 0. The van der Waals surface area contributed by atoms with Gasteiger partial charge in [-0.2, -0.15) is 0 Å². The predicted molar refractivity (Wildman–Crippen MR) is 69.4 cm³/mol. The van der Waals surface area contributed by atoms with Crippen LogP contribution >= 0.6 is 0 Å². The van der Waals surface area contributed by atoms with Crippen molar-refractivity contribution in [3.05, 3.63) is 57.9 Å². The lowest BCUT2D eigenvalue weighted by Gasteiger charge is -2.03. The molecule has 2 rings (SSSR count). The van der Waals surface area contributed by atoms with Gasteiger partial charge in [-0.05, 0) is 43.5 Å². The Bertz CT molecular complexity index is 644. The first kappa shape index (κ1) is 13.5. The molecule has 4 heteroatoms. The van der Waals surface area contributed by atoms with Gasteiger partial charge in [0.25, 0.3) is 0 Å². The van der Waals surface area contributed by atoms with E-state index in [1.807, 2.05) is 20.8 Å². The third kappa shape index (κ3) is 2.43. The molecule has 0 aliphatic rings. The lowest BCUT2D eigenvalue weighted by atomic mass is 10.0. The van der Waals surface area contributed by atoms with Crippen LogP contribution in [-0.4, -0.2) is 10.8 Å². The lowest BCUT2D eigenvalue weighted by molar-refractivity contribution is 0.0986. The molecule has 2 nitrogen and oxygen atoms in total. The maximum Gasteiger partial charge on any atom is 0.183 e. The lowest BCUT2D eigenvalue weighted by Crippen LogP contribution is -2.08. The minimum atomic E-state index is -0.950.